The van der Waals surface area contributed by atoms with Gasteiger partial charge in [0.05, 0.1) is 11.7 Å². The molecule has 12 heavy (non-hydrogen) atoms. The first-order chi connectivity index (χ1) is 5.81. The quantitative estimate of drug-likeness (QED) is 0.584. The molecule has 0 saturated carbocycles. The molecule has 0 fully saturated rings. The van der Waals surface area contributed by atoms with Crippen molar-refractivity contribution >= 4 is 5.52 Å². The third-order valence-corrected chi connectivity index (χ3v) is 1.55. The van der Waals surface area contributed by atoms with Gasteiger partial charge in [0.2, 0.25) is 0 Å². The normalized spacial score (nSPS) is 9.92. The molecular formula is C7H4N4O. The van der Waals surface area contributed by atoms with Gasteiger partial charge in [0.1, 0.15) is 11.8 Å². The summed E-state index contributed by atoms with van der Waals surface area (Å²) < 4.78 is 1.40. The van der Waals surface area contributed by atoms with E-state index in [1.165, 1.54) is 10.7 Å². The molecule has 5 nitrogen and oxygen atoms in total. The van der Waals surface area contributed by atoms with Gasteiger partial charge in [-0.1, -0.05) is 0 Å². The minimum absolute atomic E-state index is 0.393. The summed E-state index contributed by atoms with van der Waals surface area (Å²) in [6.45, 7) is 0. The Morgan fingerprint density at radius 3 is 3.17 bits per heavy atom. The van der Waals surface area contributed by atoms with E-state index < -0.39 is 5.69 Å². The van der Waals surface area contributed by atoms with Crippen molar-refractivity contribution in [2.24, 2.45) is 0 Å². The zero-order valence-electron chi connectivity index (χ0n) is 5.98. The van der Waals surface area contributed by atoms with Crippen molar-refractivity contribution < 1.29 is 0 Å². The van der Waals surface area contributed by atoms with Gasteiger partial charge in [-0.3, -0.25) is 0 Å². The zero-order chi connectivity index (χ0) is 8.55. The minimum Gasteiger partial charge on any atom is -0.244 e. The van der Waals surface area contributed by atoms with Crippen LogP contribution in [-0.4, -0.2) is 14.6 Å². The second kappa shape index (κ2) is 2.20. The van der Waals surface area contributed by atoms with Crippen LogP contribution in [0.5, 0.6) is 0 Å². The van der Waals surface area contributed by atoms with Crippen LogP contribution in [0.25, 0.3) is 5.52 Å². The molecule has 0 spiro atoms. The lowest BCUT2D eigenvalue weighted by Crippen LogP contribution is -2.14. The second-order valence-corrected chi connectivity index (χ2v) is 2.27. The fourth-order valence-electron chi connectivity index (χ4n) is 1.01. The highest BCUT2D eigenvalue weighted by Crippen LogP contribution is 2.03. The van der Waals surface area contributed by atoms with Gasteiger partial charge in [0, 0.05) is 0 Å². The Labute approximate surface area is 66.9 Å². The van der Waals surface area contributed by atoms with E-state index in [4.69, 9.17) is 5.26 Å². The average molecular weight is 160 g/mol. The van der Waals surface area contributed by atoms with Gasteiger partial charge in [-0.05, 0) is 12.1 Å². The molecule has 0 aromatic carbocycles. The van der Waals surface area contributed by atoms with Crippen LogP contribution < -0.4 is 5.69 Å². The lowest BCUT2D eigenvalue weighted by atomic mass is 10.5. The third-order valence-electron chi connectivity index (χ3n) is 1.55. The number of H-pyrrole nitrogens is 1. The highest BCUT2D eigenvalue weighted by molar-refractivity contribution is 5.48. The van der Waals surface area contributed by atoms with Gasteiger partial charge in [0.15, 0.2) is 0 Å². The number of nitrogens with one attached hydrogen (secondary N) is 1. The maximum absolute atomic E-state index is 10.8. The summed E-state index contributed by atoms with van der Waals surface area (Å²) in [5.41, 5.74) is 0.630. The molecule has 2 aromatic rings. The summed E-state index contributed by atoms with van der Waals surface area (Å²) >= 11 is 0. The highest BCUT2D eigenvalue weighted by Gasteiger charge is 1.99. The van der Waals surface area contributed by atoms with Gasteiger partial charge in [-0.15, -0.1) is 0 Å². The maximum atomic E-state index is 10.8. The molecule has 0 radical (unpaired) electrons. The fourth-order valence-corrected chi connectivity index (χ4v) is 1.01. The predicted molar refractivity (Wildman–Crippen MR) is 40.5 cm³/mol. The molecule has 0 aliphatic carbocycles. The highest BCUT2D eigenvalue weighted by atomic mass is 16.1. The Bertz CT molecular complexity index is 516. The van der Waals surface area contributed by atoms with Crippen molar-refractivity contribution in [1.29, 1.82) is 5.26 Å². The molecule has 2 heterocycles. The van der Waals surface area contributed by atoms with Crippen molar-refractivity contribution in [3.63, 3.8) is 0 Å². The van der Waals surface area contributed by atoms with Crippen LogP contribution in [0.15, 0.2) is 23.1 Å². The van der Waals surface area contributed by atoms with E-state index in [-0.39, 0.29) is 0 Å². The van der Waals surface area contributed by atoms with Gasteiger partial charge in [-0.25, -0.2) is 14.4 Å². The molecule has 0 atom stereocenters. The Balaban J connectivity index is 2.95. The van der Waals surface area contributed by atoms with E-state index in [0.717, 1.165) is 0 Å². The number of aromatic nitrogens is 3. The number of hydrogen-bond donors (Lipinski definition) is 1. The lowest BCUT2D eigenvalue weighted by molar-refractivity contribution is 0.849. The maximum Gasteiger partial charge on any atom is 0.360 e. The second-order valence-electron chi connectivity index (χ2n) is 2.27. The summed E-state index contributed by atoms with van der Waals surface area (Å²) in [6, 6.07) is 5.27. The molecule has 2 rings (SSSR count). The van der Waals surface area contributed by atoms with Crippen molar-refractivity contribution in [3.8, 4) is 6.07 Å². The molecule has 2 aromatic heterocycles. The fraction of sp³-hybridized carbons (Fsp3) is 0. The molecule has 0 saturated heterocycles. The Morgan fingerprint density at radius 2 is 2.42 bits per heavy atom. The number of nitrogens with zero attached hydrogens (tertiary/aromatic N) is 3. The summed E-state index contributed by atoms with van der Waals surface area (Å²) in [7, 11) is 0. The Hall–Kier alpha value is -2.09. The van der Waals surface area contributed by atoms with E-state index in [1.54, 1.807) is 12.1 Å². The van der Waals surface area contributed by atoms with E-state index in [2.05, 4.69) is 10.1 Å². The van der Waals surface area contributed by atoms with Crippen molar-refractivity contribution in [1.82, 2.24) is 14.6 Å². The zero-order valence-corrected chi connectivity index (χ0v) is 5.98. The van der Waals surface area contributed by atoms with E-state index in [0.29, 0.717) is 11.2 Å². The minimum atomic E-state index is -0.463. The molecule has 0 aliphatic rings. The molecule has 5 heteroatoms. The first kappa shape index (κ1) is 6.61. The number of hydrogen-bond acceptors (Lipinski definition) is 3. The number of nitriles is 1. The Kier molecular flexibility index (Phi) is 1.21. The Morgan fingerprint density at radius 1 is 1.58 bits per heavy atom. The lowest BCUT2D eigenvalue weighted by Gasteiger charge is -1.92. The van der Waals surface area contributed by atoms with Gasteiger partial charge in [0.25, 0.3) is 0 Å². The molecule has 1 N–H and O–H groups in total. The van der Waals surface area contributed by atoms with E-state index >= 15 is 0 Å². The third kappa shape index (κ3) is 0.787. The molecule has 0 unspecified atom stereocenters. The monoisotopic (exact) mass is 160 g/mol. The summed E-state index contributed by atoms with van der Waals surface area (Å²) in [4.78, 5) is 14.3. The van der Waals surface area contributed by atoms with Crippen LogP contribution in [0.2, 0.25) is 0 Å². The van der Waals surface area contributed by atoms with Crippen LogP contribution in [-0.2, 0) is 0 Å². The smallest absolute Gasteiger partial charge is 0.244 e. The molecule has 58 valence electrons. The first-order valence-electron chi connectivity index (χ1n) is 3.28. The summed E-state index contributed by atoms with van der Waals surface area (Å²) in [5, 5.41) is 11.0. The summed E-state index contributed by atoms with van der Waals surface area (Å²) in [6.07, 6.45) is 1.42. The van der Waals surface area contributed by atoms with Gasteiger partial charge < -0.3 is 0 Å². The standard InChI is InChI=1S/C7H4N4O/c8-3-5-1-2-6-4-9-7(12)10-11(5)6/h1-2,4H,(H,10,12). The van der Waals surface area contributed by atoms with Crippen LogP contribution >= 0.6 is 0 Å². The van der Waals surface area contributed by atoms with Crippen LogP contribution in [0, 0.1) is 11.3 Å². The largest absolute Gasteiger partial charge is 0.360 e. The van der Waals surface area contributed by atoms with Gasteiger partial charge >= 0.3 is 5.69 Å². The average Bonchev–Trinajstić information content (AvgIpc) is 2.46. The number of aromatic amines is 1. The first-order valence-corrected chi connectivity index (χ1v) is 3.28. The molecule has 0 bridgehead atoms. The summed E-state index contributed by atoms with van der Waals surface area (Å²) in [5.74, 6) is 0. The van der Waals surface area contributed by atoms with Crippen LogP contribution in [0.1, 0.15) is 5.69 Å². The van der Waals surface area contributed by atoms with Crippen molar-refractivity contribution in [2.45, 2.75) is 0 Å². The topological polar surface area (TPSA) is 73.9 Å². The predicted octanol–water partition coefficient (Wildman–Crippen LogP) is -0.106. The molecule has 0 amide bonds. The van der Waals surface area contributed by atoms with E-state index in [9.17, 15) is 4.79 Å². The SMILES string of the molecule is N#Cc1ccc2cnc(=O)[nH]n12. The van der Waals surface area contributed by atoms with Crippen molar-refractivity contribution in [2.75, 3.05) is 0 Å². The van der Waals surface area contributed by atoms with Gasteiger partial charge in [-0.2, -0.15) is 10.2 Å². The van der Waals surface area contributed by atoms with Crippen LogP contribution in [0.4, 0.5) is 0 Å². The number of fused-ring (bicyclic) bond motifs is 1. The number of rotatable bonds is 0. The molecular weight excluding hydrogens is 156 g/mol. The van der Waals surface area contributed by atoms with E-state index in [1.807, 2.05) is 6.07 Å². The van der Waals surface area contributed by atoms with Crippen molar-refractivity contribution in [3.05, 3.63) is 34.5 Å². The molecule has 0 aliphatic heterocycles. The van der Waals surface area contributed by atoms with Crippen LogP contribution in [0.3, 0.4) is 0 Å².